The number of benzene rings is 1. The second-order valence-corrected chi connectivity index (χ2v) is 6.50. The summed E-state index contributed by atoms with van der Waals surface area (Å²) in [5.74, 6) is 2.05. The number of thioether (sulfide) groups is 1. The van der Waals surface area contributed by atoms with Crippen molar-refractivity contribution in [3.8, 4) is 17.0 Å². The molecule has 5 nitrogen and oxygen atoms in total. The van der Waals surface area contributed by atoms with E-state index in [1.165, 1.54) is 4.90 Å². The maximum atomic E-state index is 5.47. The van der Waals surface area contributed by atoms with Gasteiger partial charge in [-0.3, -0.25) is 0 Å². The van der Waals surface area contributed by atoms with Crippen molar-refractivity contribution in [3.05, 3.63) is 36.4 Å². The molecule has 24 heavy (non-hydrogen) atoms. The summed E-state index contributed by atoms with van der Waals surface area (Å²) in [6, 6.07) is 12.2. The molecule has 0 saturated carbocycles. The fraction of sp³-hybridized carbons (Fsp3) is 0.389. The molecule has 0 radical (unpaired) electrons. The fourth-order valence-electron chi connectivity index (χ4n) is 2.58. The van der Waals surface area contributed by atoms with Crippen molar-refractivity contribution >= 4 is 17.6 Å². The Balaban J connectivity index is 1.76. The molecular weight excluding hydrogens is 324 g/mol. The Hall–Kier alpha value is -1.76. The lowest BCUT2D eigenvalue weighted by atomic mass is 10.1. The largest absolute Gasteiger partial charge is 0.494 e. The smallest absolute Gasteiger partial charge is 0.145 e. The summed E-state index contributed by atoms with van der Waals surface area (Å²) in [5, 5.41) is 3.39. The van der Waals surface area contributed by atoms with E-state index in [0.29, 0.717) is 19.1 Å². The summed E-state index contributed by atoms with van der Waals surface area (Å²) in [6.45, 7) is 2.08. The summed E-state index contributed by atoms with van der Waals surface area (Å²) in [4.78, 5) is 15.9. The minimum atomic E-state index is 0.437. The van der Waals surface area contributed by atoms with Crippen LogP contribution in [0.25, 0.3) is 11.3 Å². The van der Waals surface area contributed by atoms with E-state index in [1.807, 2.05) is 12.1 Å². The molecular formula is C18H22N2O3S. The van der Waals surface area contributed by atoms with Crippen molar-refractivity contribution in [1.82, 2.24) is 4.98 Å². The van der Waals surface area contributed by atoms with Gasteiger partial charge in [0.05, 0.1) is 20.3 Å². The third-order valence-corrected chi connectivity index (χ3v) is 4.75. The standard InChI is InChI=1S/C18H22N2O3S/c1-21-16-7-8-17(19-11-13-9-10-22-23-12-13)20-18(16)14-3-5-15(24-2)6-4-14/h3-8,13H,9-12H2,1-2H3,(H,19,20). The van der Waals surface area contributed by atoms with Gasteiger partial charge in [0.25, 0.3) is 0 Å². The maximum absolute atomic E-state index is 5.47. The number of nitrogens with zero attached hydrogens (tertiary/aromatic N) is 1. The van der Waals surface area contributed by atoms with Crippen LogP contribution in [0.4, 0.5) is 5.82 Å². The van der Waals surface area contributed by atoms with Crippen LogP contribution in [-0.4, -0.2) is 38.1 Å². The average molecular weight is 346 g/mol. The van der Waals surface area contributed by atoms with Crippen LogP contribution < -0.4 is 10.1 Å². The number of methoxy groups -OCH3 is 1. The van der Waals surface area contributed by atoms with Gasteiger partial charge in [-0.15, -0.1) is 11.8 Å². The molecule has 0 amide bonds. The van der Waals surface area contributed by atoms with Gasteiger partial charge in [0.2, 0.25) is 0 Å². The lowest BCUT2D eigenvalue weighted by Gasteiger charge is -2.21. The van der Waals surface area contributed by atoms with Gasteiger partial charge in [0, 0.05) is 22.9 Å². The molecule has 1 unspecified atom stereocenters. The van der Waals surface area contributed by atoms with E-state index in [4.69, 9.17) is 19.5 Å². The van der Waals surface area contributed by atoms with Crippen LogP contribution in [0.5, 0.6) is 5.75 Å². The predicted molar refractivity (Wildman–Crippen MR) is 96.5 cm³/mol. The summed E-state index contributed by atoms with van der Waals surface area (Å²) >= 11 is 1.72. The van der Waals surface area contributed by atoms with Gasteiger partial charge in [-0.05, 0) is 36.9 Å². The highest BCUT2D eigenvalue weighted by Crippen LogP contribution is 2.30. The quantitative estimate of drug-likeness (QED) is 0.633. The third kappa shape index (κ3) is 4.20. The van der Waals surface area contributed by atoms with Crippen molar-refractivity contribution in [3.63, 3.8) is 0 Å². The predicted octanol–water partition coefficient (Wildman–Crippen LogP) is 3.86. The lowest BCUT2D eigenvalue weighted by Crippen LogP contribution is -2.26. The minimum Gasteiger partial charge on any atom is -0.494 e. The molecule has 1 aromatic heterocycles. The minimum absolute atomic E-state index is 0.437. The Kier molecular flexibility index (Phi) is 5.96. The van der Waals surface area contributed by atoms with Crippen molar-refractivity contribution in [1.29, 1.82) is 0 Å². The molecule has 6 heteroatoms. The molecule has 2 aromatic rings. The van der Waals surface area contributed by atoms with Gasteiger partial charge in [-0.1, -0.05) is 12.1 Å². The van der Waals surface area contributed by atoms with Crippen LogP contribution in [0.1, 0.15) is 6.42 Å². The van der Waals surface area contributed by atoms with Crippen LogP contribution in [0.3, 0.4) is 0 Å². The highest BCUT2D eigenvalue weighted by Gasteiger charge is 2.15. The summed E-state index contributed by atoms with van der Waals surface area (Å²) in [7, 11) is 1.67. The maximum Gasteiger partial charge on any atom is 0.145 e. The van der Waals surface area contributed by atoms with Gasteiger partial charge in [0.1, 0.15) is 17.3 Å². The van der Waals surface area contributed by atoms with Crippen LogP contribution >= 0.6 is 11.8 Å². The first kappa shape index (κ1) is 17.1. The molecule has 1 aliphatic rings. The van der Waals surface area contributed by atoms with Crippen molar-refractivity contribution in [2.24, 2.45) is 5.92 Å². The van der Waals surface area contributed by atoms with E-state index in [-0.39, 0.29) is 0 Å². The van der Waals surface area contributed by atoms with E-state index in [0.717, 1.165) is 35.8 Å². The number of rotatable bonds is 6. The van der Waals surface area contributed by atoms with Gasteiger partial charge >= 0.3 is 0 Å². The first-order valence-electron chi connectivity index (χ1n) is 7.98. The first-order valence-corrected chi connectivity index (χ1v) is 9.20. The molecule has 0 spiro atoms. The zero-order valence-corrected chi connectivity index (χ0v) is 14.8. The molecule has 1 aromatic carbocycles. The highest BCUT2D eigenvalue weighted by molar-refractivity contribution is 7.98. The van der Waals surface area contributed by atoms with Crippen LogP contribution in [-0.2, 0) is 9.78 Å². The van der Waals surface area contributed by atoms with Crippen LogP contribution in [0.15, 0.2) is 41.3 Å². The molecule has 1 fully saturated rings. The second-order valence-electron chi connectivity index (χ2n) is 5.62. The van der Waals surface area contributed by atoms with Gasteiger partial charge in [-0.2, -0.15) is 0 Å². The Morgan fingerprint density at radius 3 is 2.71 bits per heavy atom. The van der Waals surface area contributed by atoms with Gasteiger partial charge in [-0.25, -0.2) is 14.8 Å². The number of nitrogens with one attached hydrogen (secondary N) is 1. The molecule has 1 saturated heterocycles. The van der Waals surface area contributed by atoms with E-state index in [9.17, 15) is 0 Å². The number of ether oxygens (including phenoxy) is 1. The number of pyridine rings is 1. The Labute approximate surface area is 146 Å². The van der Waals surface area contributed by atoms with Gasteiger partial charge < -0.3 is 10.1 Å². The number of aromatic nitrogens is 1. The topological polar surface area (TPSA) is 52.6 Å². The molecule has 3 rings (SSSR count). The van der Waals surface area contributed by atoms with Crippen LogP contribution in [0.2, 0.25) is 0 Å². The molecule has 1 aliphatic heterocycles. The zero-order chi connectivity index (χ0) is 16.8. The normalized spacial score (nSPS) is 17.5. The fourth-order valence-corrected chi connectivity index (χ4v) is 2.98. The van der Waals surface area contributed by atoms with E-state index >= 15 is 0 Å². The average Bonchev–Trinajstić information content (AvgIpc) is 2.67. The highest BCUT2D eigenvalue weighted by atomic mass is 32.2. The van der Waals surface area contributed by atoms with E-state index in [1.54, 1.807) is 18.9 Å². The summed E-state index contributed by atoms with van der Waals surface area (Å²) < 4.78 is 5.47. The van der Waals surface area contributed by atoms with E-state index in [2.05, 4.69) is 35.8 Å². The van der Waals surface area contributed by atoms with E-state index < -0.39 is 0 Å². The second kappa shape index (κ2) is 8.37. The summed E-state index contributed by atoms with van der Waals surface area (Å²) in [6.07, 6.45) is 3.06. The third-order valence-electron chi connectivity index (χ3n) is 4.01. The number of hydrogen-bond acceptors (Lipinski definition) is 6. The number of hydrogen-bond donors (Lipinski definition) is 1. The van der Waals surface area contributed by atoms with Crippen molar-refractivity contribution in [2.45, 2.75) is 11.3 Å². The first-order chi connectivity index (χ1) is 11.8. The molecule has 128 valence electrons. The Morgan fingerprint density at radius 1 is 1.21 bits per heavy atom. The monoisotopic (exact) mass is 346 g/mol. The van der Waals surface area contributed by atoms with Crippen LogP contribution in [0, 0.1) is 5.92 Å². The molecule has 1 atom stereocenters. The van der Waals surface area contributed by atoms with Crippen molar-refractivity contribution in [2.75, 3.05) is 38.4 Å². The Bertz CT molecular complexity index is 658. The lowest BCUT2D eigenvalue weighted by molar-refractivity contribution is -0.323. The van der Waals surface area contributed by atoms with Gasteiger partial charge in [0.15, 0.2) is 0 Å². The SMILES string of the molecule is COc1ccc(NCC2CCOOC2)nc1-c1ccc(SC)cc1. The molecule has 0 bridgehead atoms. The Morgan fingerprint density at radius 2 is 2.04 bits per heavy atom. The molecule has 1 N–H and O–H groups in total. The van der Waals surface area contributed by atoms with Crippen molar-refractivity contribution < 1.29 is 14.5 Å². The molecule has 0 aliphatic carbocycles. The zero-order valence-electron chi connectivity index (χ0n) is 14.0. The summed E-state index contributed by atoms with van der Waals surface area (Å²) in [5.41, 5.74) is 1.89. The molecule has 2 heterocycles. The number of anilines is 1.